The lowest BCUT2D eigenvalue weighted by Gasteiger charge is -2.27. The van der Waals surface area contributed by atoms with Crippen LogP contribution in [0.1, 0.15) is 71.8 Å². The van der Waals surface area contributed by atoms with Gasteiger partial charge in [-0.3, -0.25) is 19.2 Å². The Morgan fingerprint density at radius 2 is 1.59 bits per heavy atom. The summed E-state index contributed by atoms with van der Waals surface area (Å²) < 4.78 is 29.1. The van der Waals surface area contributed by atoms with Gasteiger partial charge >= 0.3 is 0 Å². The third kappa shape index (κ3) is 9.89. The van der Waals surface area contributed by atoms with E-state index in [9.17, 15) is 32.7 Å². The van der Waals surface area contributed by atoms with E-state index in [4.69, 9.17) is 4.74 Å². The molecule has 1 saturated carbocycles. The van der Waals surface area contributed by atoms with Crippen molar-refractivity contribution >= 4 is 33.3 Å². The molecule has 1 aromatic carbocycles. The Balaban J connectivity index is 1.79. The molecule has 0 radical (unpaired) electrons. The van der Waals surface area contributed by atoms with E-state index in [1.807, 2.05) is 0 Å². The van der Waals surface area contributed by atoms with Gasteiger partial charge in [-0.05, 0) is 57.7 Å². The molecule has 0 unspecified atom stereocenters. The largest absolute Gasteiger partial charge is 0.390 e. The lowest BCUT2D eigenvalue weighted by atomic mass is 9.90. The predicted octanol–water partition coefficient (Wildman–Crippen LogP) is 1.21. The van der Waals surface area contributed by atoms with Gasteiger partial charge in [0.2, 0.25) is 17.7 Å². The number of rotatable bonds is 14. The van der Waals surface area contributed by atoms with Gasteiger partial charge in [-0.25, -0.2) is 8.42 Å². The van der Waals surface area contributed by atoms with Gasteiger partial charge in [0.25, 0.3) is 0 Å². The number of Topliss-reactive ketones (excluding diaryl/α,β-unsaturated/α-hetero) is 1. The number of carbonyl (C=O) groups is 4. The maximum Gasteiger partial charge on any atom is 0.243 e. The summed E-state index contributed by atoms with van der Waals surface area (Å²) in [6.45, 7) is 6.40. The molecule has 1 aliphatic carbocycles. The van der Waals surface area contributed by atoms with Crippen LogP contribution in [-0.4, -0.2) is 79.2 Å². The van der Waals surface area contributed by atoms with Crippen LogP contribution in [0.15, 0.2) is 29.2 Å². The molecule has 4 atom stereocenters. The van der Waals surface area contributed by atoms with Crippen molar-refractivity contribution in [2.24, 2.45) is 5.92 Å². The number of hydrogen-bond acceptors (Lipinski definition) is 8. The zero-order valence-electron chi connectivity index (χ0n) is 24.5. The fraction of sp³-hybridized carbons (Fsp3) is 0.655. The summed E-state index contributed by atoms with van der Waals surface area (Å²) in [7, 11) is -3.42. The molecule has 1 aliphatic heterocycles. The first-order valence-electron chi connectivity index (χ1n) is 14.1. The molecule has 2 aliphatic rings. The van der Waals surface area contributed by atoms with E-state index >= 15 is 0 Å². The smallest absolute Gasteiger partial charge is 0.243 e. The molecule has 2 fully saturated rings. The predicted molar refractivity (Wildman–Crippen MR) is 152 cm³/mol. The Morgan fingerprint density at radius 1 is 1.02 bits per heavy atom. The van der Waals surface area contributed by atoms with E-state index in [1.54, 1.807) is 19.1 Å². The molecule has 12 heteroatoms. The number of nitrogens with one attached hydrogen (secondary N) is 3. The average molecular weight is 594 g/mol. The topological polar surface area (TPSA) is 171 Å². The highest BCUT2D eigenvalue weighted by atomic mass is 32.2. The fourth-order valence-electron chi connectivity index (χ4n) is 5.07. The number of ketones is 1. The zero-order chi connectivity index (χ0) is 30.6. The third-order valence-corrected chi connectivity index (χ3v) is 8.69. The monoisotopic (exact) mass is 593 g/mol. The van der Waals surface area contributed by atoms with Gasteiger partial charge in [0.15, 0.2) is 15.6 Å². The average Bonchev–Trinajstić information content (AvgIpc) is 3.39. The summed E-state index contributed by atoms with van der Waals surface area (Å²) in [4.78, 5) is 52.4. The fourth-order valence-corrected chi connectivity index (χ4v) is 5.70. The standard InChI is InChI=1S/C29H43N3O8S/c1-18(30-24(33)16-28(2,3)37)26(35)32-23(15-20-10-12-21(13-11-20)41(5,38)39)27(36)31-22(14-19-8-6-7-9-19)25(34)29(4)17-40-29/h10-13,18-19,22-23,37H,6-9,14-17H2,1-5H3,(H,30,33)(H,31,36)(H,32,35)/t18-,22+,23+,29+/m1/s1. The quantitative estimate of drug-likeness (QED) is 0.233. The normalized spacial score (nSPS) is 21.4. The van der Waals surface area contributed by atoms with Crippen LogP contribution in [0.3, 0.4) is 0 Å². The molecule has 3 amide bonds. The first-order chi connectivity index (χ1) is 19.0. The molecule has 228 valence electrons. The third-order valence-electron chi connectivity index (χ3n) is 7.56. The zero-order valence-corrected chi connectivity index (χ0v) is 25.3. The second-order valence-corrected chi connectivity index (χ2v) is 14.3. The summed E-state index contributed by atoms with van der Waals surface area (Å²) in [5, 5.41) is 18.0. The van der Waals surface area contributed by atoms with Crippen molar-refractivity contribution in [1.82, 2.24) is 16.0 Å². The molecular weight excluding hydrogens is 550 g/mol. The van der Waals surface area contributed by atoms with E-state index < -0.39 is 56.9 Å². The van der Waals surface area contributed by atoms with Crippen LogP contribution >= 0.6 is 0 Å². The van der Waals surface area contributed by atoms with Gasteiger partial charge < -0.3 is 25.8 Å². The van der Waals surface area contributed by atoms with E-state index in [1.165, 1.54) is 32.9 Å². The number of amides is 3. The van der Waals surface area contributed by atoms with Crippen LogP contribution < -0.4 is 16.0 Å². The highest BCUT2D eigenvalue weighted by Gasteiger charge is 2.50. The molecule has 0 aromatic heterocycles. The van der Waals surface area contributed by atoms with Gasteiger partial charge in [-0.15, -0.1) is 0 Å². The summed E-state index contributed by atoms with van der Waals surface area (Å²) in [6, 6.07) is 3.08. The van der Waals surface area contributed by atoms with Crippen molar-refractivity contribution in [3.8, 4) is 0 Å². The van der Waals surface area contributed by atoms with E-state index in [0.29, 0.717) is 17.9 Å². The van der Waals surface area contributed by atoms with Crippen molar-refractivity contribution in [3.63, 3.8) is 0 Å². The SMILES string of the molecule is C[C@@H](NC(=O)CC(C)(C)O)C(=O)N[C@@H](Cc1ccc(S(C)(=O)=O)cc1)C(=O)N[C@@H](CC1CCCC1)C(=O)[C@]1(C)CO1. The summed E-state index contributed by atoms with van der Waals surface area (Å²) in [6.07, 6.45) is 5.49. The molecule has 4 N–H and O–H groups in total. The number of benzene rings is 1. The lowest BCUT2D eigenvalue weighted by molar-refractivity contribution is -0.134. The van der Waals surface area contributed by atoms with E-state index in [2.05, 4.69) is 16.0 Å². The molecule has 0 bridgehead atoms. The van der Waals surface area contributed by atoms with Crippen molar-refractivity contribution in [3.05, 3.63) is 29.8 Å². The first-order valence-corrected chi connectivity index (χ1v) is 16.0. The van der Waals surface area contributed by atoms with Gasteiger partial charge in [-0.2, -0.15) is 0 Å². The Kier molecular flexibility index (Phi) is 10.4. The Bertz CT molecular complexity index is 1230. The van der Waals surface area contributed by atoms with E-state index in [-0.39, 0.29) is 30.1 Å². The minimum atomic E-state index is -3.42. The van der Waals surface area contributed by atoms with E-state index in [0.717, 1.165) is 31.9 Å². The van der Waals surface area contributed by atoms with Crippen molar-refractivity contribution in [1.29, 1.82) is 0 Å². The van der Waals surface area contributed by atoms with Crippen LogP contribution in [-0.2, 0) is 40.2 Å². The minimum Gasteiger partial charge on any atom is -0.390 e. The highest BCUT2D eigenvalue weighted by molar-refractivity contribution is 7.90. The maximum absolute atomic E-state index is 13.6. The van der Waals surface area contributed by atoms with Gasteiger partial charge in [0.1, 0.15) is 17.7 Å². The van der Waals surface area contributed by atoms with Crippen LogP contribution in [0.5, 0.6) is 0 Å². The number of aliphatic hydroxyl groups is 1. The molecule has 0 spiro atoms. The number of epoxide rings is 1. The summed E-state index contributed by atoms with van der Waals surface area (Å²) >= 11 is 0. The first kappa shape index (κ1) is 32.7. The Hall–Kier alpha value is -2.83. The van der Waals surface area contributed by atoms with Crippen molar-refractivity contribution in [2.75, 3.05) is 12.9 Å². The van der Waals surface area contributed by atoms with Crippen molar-refractivity contribution in [2.45, 2.75) is 107 Å². The van der Waals surface area contributed by atoms with Crippen LogP contribution in [0, 0.1) is 5.92 Å². The molecule has 11 nitrogen and oxygen atoms in total. The number of carbonyl (C=O) groups excluding carboxylic acids is 4. The molecule has 1 heterocycles. The number of sulfone groups is 1. The minimum absolute atomic E-state index is 0.0179. The Labute approximate surface area is 242 Å². The molecule has 41 heavy (non-hydrogen) atoms. The second kappa shape index (κ2) is 13.0. The van der Waals surface area contributed by atoms with Crippen LogP contribution in [0.4, 0.5) is 0 Å². The lowest BCUT2D eigenvalue weighted by Crippen LogP contribution is -2.57. The van der Waals surface area contributed by atoms with Crippen LogP contribution in [0.2, 0.25) is 0 Å². The van der Waals surface area contributed by atoms with Gasteiger partial charge in [0, 0.05) is 12.7 Å². The molecular formula is C29H43N3O8S. The second-order valence-electron chi connectivity index (χ2n) is 12.3. The molecule has 1 saturated heterocycles. The number of hydrogen-bond donors (Lipinski definition) is 4. The molecule has 1 aromatic rings. The highest BCUT2D eigenvalue weighted by Crippen LogP contribution is 2.33. The van der Waals surface area contributed by atoms with Crippen molar-refractivity contribution < 1.29 is 37.4 Å². The molecule has 3 rings (SSSR count). The summed E-state index contributed by atoms with van der Waals surface area (Å²) in [5.41, 5.74) is -1.60. The van der Waals surface area contributed by atoms with Gasteiger partial charge in [-0.1, -0.05) is 37.8 Å². The maximum atomic E-state index is 13.6. The Morgan fingerprint density at radius 3 is 2.10 bits per heavy atom. The summed E-state index contributed by atoms with van der Waals surface area (Å²) in [5.74, 6) is -1.63. The van der Waals surface area contributed by atoms with Gasteiger partial charge in [0.05, 0.1) is 29.6 Å². The number of ether oxygens (including phenoxy) is 1. The van der Waals surface area contributed by atoms with Crippen LogP contribution in [0.25, 0.3) is 0 Å².